The van der Waals surface area contributed by atoms with Crippen LogP contribution in [0.1, 0.15) is 5.56 Å². The molecule has 0 unspecified atom stereocenters. The van der Waals surface area contributed by atoms with Gasteiger partial charge in [0.05, 0.1) is 11.2 Å². The molecule has 0 amide bonds. The van der Waals surface area contributed by atoms with Crippen LogP contribution in [0.5, 0.6) is 0 Å². The van der Waals surface area contributed by atoms with Gasteiger partial charge in [-0.05, 0) is 12.1 Å². The molecule has 5 nitrogen and oxygen atoms in total. The fourth-order valence-electron chi connectivity index (χ4n) is 0.782. The third-order valence-corrected chi connectivity index (χ3v) is 2.00. The molecule has 1 rings (SSSR count). The highest BCUT2D eigenvalue weighted by molar-refractivity contribution is 6.36. The molecule has 0 aliphatic carbocycles. The molecule has 0 aromatic heterocycles. The summed E-state index contributed by atoms with van der Waals surface area (Å²) in [6.07, 6.45) is 1.39. The average molecular weight is 247 g/mol. The van der Waals surface area contributed by atoms with Crippen molar-refractivity contribution in [1.82, 2.24) is 5.48 Å². The van der Waals surface area contributed by atoms with Crippen LogP contribution in [0.4, 0.5) is 0 Å². The van der Waals surface area contributed by atoms with Crippen molar-refractivity contribution in [3.8, 4) is 0 Å². The van der Waals surface area contributed by atoms with Gasteiger partial charge in [-0.3, -0.25) is 5.21 Å². The van der Waals surface area contributed by atoms with E-state index in [-0.39, 0.29) is 5.96 Å². The normalized spacial score (nSPS) is 12.1. The van der Waals surface area contributed by atoms with Crippen LogP contribution in [0.25, 0.3) is 0 Å². The molecule has 7 heteroatoms. The van der Waals surface area contributed by atoms with Crippen molar-refractivity contribution < 1.29 is 5.21 Å². The number of hydrogen-bond acceptors (Lipinski definition) is 3. The van der Waals surface area contributed by atoms with Crippen LogP contribution < -0.4 is 11.2 Å². The Morgan fingerprint density at radius 3 is 2.80 bits per heavy atom. The number of rotatable bonds is 2. The van der Waals surface area contributed by atoms with Gasteiger partial charge in [-0.2, -0.15) is 5.10 Å². The fourth-order valence-corrected chi connectivity index (χ4v) is 1.24. The Hall–Kier alpha value is -1.30. The Bertz CT molecular complexity index is 406. The van der Waals surface area contributed by atoms with Gasteiger partial charge in [0.2, 0.25) is 5.96 Å². The van der Waals surface area contributed by atoms with Crippen LogP contribution in [0.3, 0.4) is 0 Å². The summed E-state index contributed by atoms with van der Waals surface area (Å²) in [6.45, 7) is 0. The molecule has 0 aliphatic rings. The predicted molar refractivity (Wildman–Crippen MR) is 60.6 cm³/mol. The number of guanidine groups is 1. The van der Waals surface area contributed by atoms with Crippen molar-refractivity contribution in [3.05, 3.63) is 33.8 Å². The molecule has 0 spiro atoms. The first-order valence-corrected chi connectivity index (χ1v) is 4.60. The number of hydroxylamine groups is 1. The van der Waals surface area contributed by atoms with Crippen molar-refractivity contribution in [2.75, 3.05) is 0 Å². The second-order valence-corrected chi connectivity index (χ2v) is 3.35. The highest BCUT2D eigenvalue weighted by atomic mass is 35.5. The van der Waals surface area contributed by atoms with E-state index in [9.17, 15) is 0 Å². The zero-order chi connectivity index (χ0) is 11.3. The molecular formula is C8H8Cl2N4O. The van der Waals surface area contributed by atoms with Gasteiger partial charge in [0.15, 0.2) is 0 Å². The molecule has 15 heavy (non-hydrogen) atoms. The van der Waals surface area contributed by atoms with Crippen molar-refractivity contribution in [2.24, 2.45) is 15.9 Å². The number of nitrogens with two attached hydrogens (primary N) is 1. The summed E-state index contributed by atoms with van der Waals surface area (Å²) in [5.41, 5.74) is 7.40. The predicted octanol–water partition coefficient (Wildman–Crippen LogP) is 1.62. The summed E-state index contributed by atoms with van der Waals surface area (Å²) >= 11 is 11.6. The van der Waals surface area contributed by atoms with E-state index in [1.54, 1.807) is 23.7 Å². The molecule has 0 aliphatic heterocycles. The Kier molecular flexibility index (Phi) is 4.36. The van der Waals surface area contributed by atoms with Crippen molar-refractivity contribution in [2.45, 2.75) is 0 Å². The second kappa shape index (κ2) is 5.55. The van der Waals surface area contributed by atoms with Crippen LogP contribution in [0, 0.1) is 0 Å². The number of hydrogen-bond donors (Lipinski definition) is 3. The van der Waals surface area contributed by atoms with Gasteiger partial charge in [0.1, 0.15) is 0 Å². The molecule has 0 saturated carbocycles. The van der Waals surface area contributed by atoms with E-state index in [0.717, 1.165) is 0 Å². The minimum atomic E-state index is -0.212. The lowest BCUT2D eigenvalue weighted by Crippen LogP contribution is -2.27. The zero-order valence-electron chi connectivity index (χ0n) is 7.48. The minimum Gasteiger partial charge on any atom is -0.367 e. The van der Waals surface area contributed by atoms with Gasteiger partial charge in [0.25, 0.3) is 0 Å². The van der Waals surface area contributed by atoms with Gasteiger partial charge in [-0.25, -0.2) is 5.48 Å². The molecule has 0 bridgehead atoms. The van der Waals surface area contributed by atoms with Crippen LogP contribution >= 0.6 is 23.2 Å². The molecule has 0 saturated heterocycles. The van der Waals surface area contributed by atoms with E-state index >= 15 is 0 Å². The smallest absolute Gasteiger partial charge is 0.237 e. The molecule has 0 fully saturated rings. The lowest BCUT2D eigenvalue weighted by Gasteiger charge is -1.96. The quantitative estimate of drug-likeness (QED) is 0.422. The maximum atomic E-state index is 8.30. The maximum Gasteiger partial charge on any atom is 0.237 e. The summed E-state index contributed by atoms with van der Waals surface area (Å²) in [5, 5.41) is 16.3. The van der Waals surface area contributed by atoms with Gasteiger partial charge in [-0.1, -0.05) is 29.3 Å². The Labute approximate surface area is 96.2 Å². The summed E-state index contributed by atoms with van der Waals surface area (Å²) in [5.74, 6) is -0.212. The van der Waals surface area contributed by atoms with Gasteiger partial charge in [0, 0.05) is 10.6 Å². The molecule has 80 valence electrons. The maximum absolute atomic E-state index is 8.30. The highest BCUT2D eigenvalue weighted by Gasteiger charge is 1.97. The van der Waals surface area contributed by atoms with E-state index in [2.05, 4.69) is 10.2 Å². The number of halogens is 2. The zero-order valence-corrected chi connectivity index (χ0v) is 9.00. The molecule has 0 heterocycles. The summed E-state index contributed by atoms with van der Waals surface area (Å²) in [6, 6.07) is 4.94. The molecular weight excluding hydrogens is 239 g/mol. The van der Waals surface area contributed by atoms with Gasteiger partial charge in [-0.15, -0.1) is 5.10 Å². The molecule has 4 N–H and O–H groups in total. The van der Waals surface area contributed by atoms with E-state index in [1.807, 2.05) is 0 Å². The Morgan fingerprint density at radius 1 is 1.47 bits per heavy atom. The first kappa shape index (κ1) is 11.8. The minimum absolute atomic E-state index is 0.212. The van der Waals surface area contributed by atoms with Crippen LogP contribution in [-0.4, -0.2) is 17.4 Å². The highest BCUT2D eigenvalue weighted by Crippen LogP contribution is 2.19. The van der Waals surface area contributed by atoms with E-state index in [1.165, 1.54) is 6.21 Å². The van der Waals surface area contributed by atoms with Crippen molar-refractivity contribution in [1.29, 1.82) is 0 Å². The summed E-state index contributed by atoms with van der Waals surface area (Å²) < 4.78 is 0. The lowest BCUT2D eigenvalue weighted by molar-refractivity contribution is 0.232. The monoisotopic (exact) mass is 246 g/mol. The van der Waals surface area contributed by atoms with Crippen LogP contribution in [0.15, 0.2) is 28.4 Å². The standard InChI is InChI=1S/C8H8Cl2N4O/c9-6-2-1-5(7(10)3-6)4-12-13-8(11)14-15/h1-4,15H,(H3,11,13,14)/b12-4+. The van der Waals surface area contributed by atoms with Crippen molar-refractivity contribution >= 4 is 35.4 Å². The molecule has 1 aromatic rings. The second-order valence-electron chi connectivity index (χ2n) is 2.51. The fraction of sp³-hybridized carbons (Fsp3) is 0. The SMILES string of the molecule is N/C(=N\N=C\c1ccc(Cl)cc1Cl)NO. The van der Waals surface area contributed by atoms with E-state index < -0.39 is 0 Å². The lowest BCUT2D eigenvalue weighted by atomic mass is 10.2. The first-order valence-electron chi connectivity index (χ1n) is 3.85. The largest absolute Gasteiger partial charge is 0.367 e. The van der Waals surface area contributed by atoms with Crippen molar-refractivity contribution in [3.63, 3.8) is 0 Å². The van der Waals surface area contributed by atoms with Crippen LogP contribution in [0.2, 0.25) is 10.0 Å². The number of nitrogens with zero attached hydrogens (tertiary/aromatic N) is 2. The van der Waals surface area contributed by atoms with Crippen LogP contribution in [-0.2, 0) is 0 Å². The summed E-state index contributed by atoms with van der Waals surface area (Å²) in [4.78, 5) is 0. The third-order valence-electron chi connectivity index (χ3n) is 1.44. The average Bonchev–Trinajstić information content (AvgIpc) is 2.21. The third kappa shape index (κ3) is 3.75. The Balaban J connectivity index is 2.81. The van der Waals surface area contributed by atoms with E-state index in [4.69, 9.17) is 34.1 Å². The molecule has 1 aromatic carbocycles. The number of nitrogens with one attached hydrogen (secondary N) is 1. The topological polar surface area (TPSA) is 83.0 Å². The first-order chi connectivity index (χ1) is 7.13. The molecule has 0 atom stereocenters. The number of benzene rings is 1. The van der Waals surface area contributed by atoms with E-state index in [0.29, 0.717) is 15.6 Å². The molecule has 0 radical (unpaired) electrons. The van der Waals surface area contributed by atoms with Gasteiger partial charge >= 0.3 is 0 Å². The summed E-state index contributed by atoms with van der Waals surface area (Å²) in [7, 11) is 0. The van der Waals surface area contributed by atoms with Gasteiger partial charge < -0.3 is 5.73 Å². The Morgan fingerprint density at radius 2 is 2.20 bits per heavy atom.